The predicted molar refractivity (Wildman–Crippen MR) is 83.5 cm³/mol. The number of aliphatic hydroxyl groups is 1. The zero-order valence-corrected chi connectivity index (χ0v) is 13.5. The molecule has 1 aromatic carbocycles. The first kappa shape index (κ1) is 14.2. The minimum absolute atomic E-state index is 0.274. The average Bonchev–Trinajstić information content (AvgIpc) is 2.27. The fourth-order valence-corrected chi connectivity index (χ4v) is 3.83. The molecule has 4 heteroatoms. The molecule has 1 unspecified atom stereocenters. The third kappa shape index (κ3) is 3.22. The van der Waals surface area contributed by atoms with Crippen LogP contribution in [0.1, 0.15) is 32.4 Å². The van der Waals surface area contributed by atoms with Crippen LogP contribution in [0.4, 0.5) is 5.69 Å². The van der Waals surface area contributed by atoms with E-state index in [0.717, 1.165) is 34.6 Å². The van der Waals surface area contributed by atoms with Gasteiger partial charge in [0.15, 0.2) is 0 Å². The number of anilines is 1. The summed E-state index contributed by atoms with van der Waals surface area (Å²) in [4.78, 5) is 2.39. The highest BCUT2D eigenvalue weighted by Crippen LogP contribution is 2.36. The Kier molecular flexibility index (Phi) is 4.29. The lowest BCUT2D eigenvalue weighted by molar-refractivity contribution is 0.199. The van der Waals surface area contributed by atoms with E-state index in [2.05, 4.69) is 40.7 Å². The van der Waals surface area contributed by atoms with Crippen LogP contribution in [0.3, 0.4) is 0 Å². The van der Waals surface area contributed by atoms with Gasteiger partial charge in [-0.1, -0.05) is 22.0 Å². The molecular weight excluding hydrogens is 310 g/mol. The summed E-state index contributed by atoms with van der Waals surface area (Å²) in [6, 6.07) is 6.13. The minimum atomic E-state index is -0.425. The van der Waals surface area contributed by atoms with Gasteiger partial charge < -0.3 is 10.0 Å². The smallest absolute Gasteiger partial charge is 0.0782 e. The summed E-state index contributed by atoms with van der Waals surface area (Å²) in [6.07, 6.45) is -0.425. The van der Waals surface area contributed by atoms with Gasteiger partial charge in [0.05, 0.1) is 6.10 Å². The first-order chi connectivity index (χ1) is 8.39. The highest BCUT2D eigenvalue weighted by atomic mass is 79.9. The quantitative estimate of drug-likeness (QED) is 0.891. The van der Waals surface area contributed by atoms with Crippen molar-refractivity contribution in [3.05, 3.63) is 28.2 Å². The van der Waals surface area contributed by atoms with E-state index in [0.29, 0.717) is 0 Å². The largest absolute Gasteiger partial charge is 0.389 e. The second-order valence-corrected chi connectivity index (χ2v) is 8.13. The number of nitrogens with zero attached hydrogens (tertiary/aromatic N) is 1. The van der Waals surface area contributed by atoms with E-state index in [1.54, 1.807) is 0 Å². The van der Waals surface area contributed by atoms with Gasteiger partial charge in [-0.25, -0.2) is 0 Å². The van der Waals surface area contributed by atoms with Gasteiger partial charge in [0.2, 0.25) is 0 Å². The maximum Gasteiger partial charge on any atom is 0.0782 e. The van der Waals surface area contributed by atoms with Crippen molar-refractivity contribution in [2.24, 2.45) is 0 Å². The molecule has 0 spiro atoms. The normalized spacial score (nSPS) is 20.8. The maximum absolute atomic E-state index is 9.91. The number of aliphatic hydroxyl groups excluding tert-OH is 1. The summed E-state index contributed by atoms with van der Waals surface area (Å²) in [5.74, 6) is 1.14. The number of halogens is 1. The Bertz CT molecular complexity index is 434. The van der Waals surface area contributed by atoms with Gasteiger partial charge in [-0.3, -0.25) is 0 Å². The molecule has 1 saturated heterocycles. The molecule has 1 aromatic rings. The van der Waals surface area contributed by atoms with Crippen LogP contribution in [0.15, 0.2) is 22.7 Å². The Morgan fingerprint density at radius 1 is 1.44 bits per heavy atom. The van der Waals surface area contributed by atoms with E-state index in [4.69, 9.17) is 0 Å². The molecule has 1 aliphatic heterocycles. The molecule has 0 bridgehead atoms. The molecule has 1 heterocycles. The zero-order valence-electron chi connectivity index (χ0n) is 11.1. The number of hydrogen-bond donors (Lipinski definition) is 1. The van der Waals surface area contributed by atoms with Crippen LogP contribution < -0.4 is 4.90 Å². The highest BCUT2D eigenvalue weighted by molar-refractivity contribution is 9.10. The summed E-state index contributed by atoms with van der Waals surface area (Å²) < 4.78 is 1.34. The Labute approximate surface area is 122 Å². The molecule has 0 saturated carbocycles. The highest BCUT2D eigenvalue weighted by Gasteiger charge is 2.28. The molecule has 0 radical (unpaired) electrons. The molecular formula is C14H20BrNOS. The van der Waals surface area contributed by atoms with Gasteiger partial charge in [0.1, 0.15) is 0 Å². The summed E-state index contributed by atoms with van der Waals surface area (Å²) in [6.45, 7) is 8.46. The van der Waals surface area contributed by atoms with Crippen molar-refractivity contribution in [2.75, 3.05) is 23.7 Å². The van der Waals surface area contributed by atoms with Crippen molar-refractivity contribution < 1.29 is 5.11 Å². The predicted octanol–water partition coefficient (Wildman–Crippen LogP) is 3.83. The van der Waals surface area contributed by atoms with Crippen LogP contribution in [-0.4, -0.2) is 28.7 Å². The summed E-state index contributed by atoms with van der Waals surface area (Å²) >= 11 is 5.55. The Hall–Kier alpha value is -0.190. The van der Waals surface area contributed by atoms with Crippen LogP contribution in [0.25, 0.3) is 0 Å². The molecule has 1 N–H and O–H groups in total. The topological polar surface area (TPSA) is 23.5 Å². The number of hydrogen-bond acceptors (Lipinski definition) is 3. The summed E-state index contributed by atoms with van der Waals surface area (Å²) in [7, 11) is 0. The summed E-state index contributed by atoms with van der Waals surface area (Å²) in [5.41, 5.74) is 2.17. The Balaban J connectivity index is 2.34. The molecule has 100 valence electrons. The molecule has 2 rings (SSSR count). The van der Waals surface area contributed by atoms with Crippen LogP contribution in [0.5, 0.6) is 0 Å². The van der Waals surface area contributed by atoms with E-state index in [1.807, 2.05) is 30.8 Å². The third-order valence-corrected chi connectivity index (χ3v) is 5.00. The first-order valence-electron chi connectivity index (χ1n) is 6.25. The third-order valence-electron chi connectivity index (χ3n) is 3.21. The van der Waals surface area contributed by atoms with Crippen LogP contribution in [0.2, 0.25) is 0 Å². The zero-order chi connectivity index (χ0) is 13.3. The van der Waals surface area contributed by atoms with Crippen molar-refractivity contribution in [1.82, 2.24) is 0 Å². The lowest BCUT2D eigenvalue weighted by Gasteiger charge is -2.40. The van der Waals surface area contributed by atoms with Gasteiger partial charge in [0.25, 0.3) is 0 Å². The van der Waals surface area contributed by atoms with E-state index >= 15 is 0 Å². The van der Waals surface area contributed by atoms with Crippen LogP contribution in [0, 0.1) is 0 Å². The fourth-order valence-electron chi connectivity index (χ4n) is 2.37. The number of benzene rings is 1. The van der Waals surface area contributed by atoms with Gasteiger partial charge in [0, 0.05) is 39.3 Å². The van der Waals surface area contributed by atoms with Gasteiger partial charge >= 0.3 is 0 Å². The Morgan fingerprint density at radius 3 is 2.78 bits per heavy atom. The molecule has 18 heavy (non-hydrogen) atoms. The molecule has 0 aliphatic carbocycles. The summed E-state index contributed by atoms with van der Waals surface area (Å²) in [5, 5.41) is 9.91. The standard InChI is InChI=1S/C14H20BrNOS/c1-10(17)12-5-4-11(15)8-13(12)16-6-7-18-14(2,3)9-16/h4-5,8,10,17H,6-7,9H2,1-3H3. The monoisotopic (exact) mass is 329 g/mol. The van der Waals surface area contributed by atoms with Crippen molar-refractivity contribution in [3.63, 3.8) is 0 Å². The van der Waals surface area contributed by atoms with Crippen LogP contribution >= 0.6 is 27.7 Å². The second kappa shape index (κ2) is 5.43. The maximum atomic E-state index is 9.91. The second-order valence-electron chi connectivity index (χ2n) is 5.41. The molecule has 1 atom stereocenters. The number of rotatable bonds is 2. The SMILES string of the molecule is CC(O)c1ccc(Br)cc1N1CCSC(C)(C)C1. The lowest BCUT2D eigenvalue weighted by Crippen LogP contribution is -2.43. The minimum Gasteiger partial charge on any atom is -0.389 e. The van der Waals surface area contributed by atoms with E-state index in [1.165, 1.54) is 0 Å². The van der Waals surface area contributed by atoms with Gasteiger partial charge in [-0.2, -0.15) is 11.8 Å². The van der Waals surface area contributed by atoms with Crippen molar-refractivity contribution in [1.29, 1.82) is 0 Å². The molecule has 1 aliphatic rings. The van der Waals surface area contributed by atoms with E-state index in [-0.39, 0.29) is 4.75 Å². The van der Waals surface area contributed by atoms with Crippen LogP contribution in [-0.2, 0) is 0 Å². The van der Waals surface area contributed by atoms with Crippen molar-refractivity contribution >= 4 is 33.4 Å². The van der Waals surface area contributed by atoms with E-state index in [9.17, 15) is 5.11 Å². The first-order valence-corrected chi connectivity index (χ1v) is 8.03. The van der Waals surface area contributed by atoms with Gasteiger partial charge in [-0.15, -0.1) is 0 Å². The Morgan fingerprint density at radius 2 is 2.17 bits per heavy atom. The molecule has 0 amide bonds. The molecule has 1 fully saturated rings. The van der Waals surface area contributed by atoms with Crippen molar-refractivity contribution in [2.45, 2.75) is 31.6 Å². The van der Waals surface area contributed by atoms with E-state index < -0.39 is 6.10 Å². The molecule has 0 aromatic heterocycles. The van der Waals surface area contributed by atoms with Gasteiger partial charge in [-0.05, 0) is 32.9 Å². The van der Waals surface area contributed by atoms with Crippen molar-refractivity contribution in [3.8, 4) is 0 Å². The lowest BCUT2D eigenvalue weighted by atomic mass is 10.1. The average molecular weight is 330 g/mol. The fraction of sp³-hybridized carbons (Fsp3) is 0.571. The molecule has 2 nitrogen and oxygen atoms in total. The number of thioether (sulfide) groups is 1.